The van der Waals surface area contributed by atoms with E-state index in [-0.39, 0.29) is 4.90 Å². The van der Waals surface area contributed by atoms with Crippen molar-refractivity contribution >= 4 is 26.0 Å². The molecule has 0 atom stereocenters. The number of methoxy groups -OCH3 is 2. The molecule has 1 aromatic rings. The van der Waals surface area contributed by atoms with Crippen molar-refractivity contribution in [1.29, 1.82) is 0 Å². The number of hydrogen-bond acceptors (Lipinski definition) is 4. The highest BCUT2D eigenvalue weighted by atomic mass is 79.9. The fraction of sp³-hybridized carbons (Fsp3) is 0.571. The number of hydrogen-bond donors (Lipinski definition) is 0. The van der Waals surface area contributed by atoms with E-state index < -0.39 is 10.0 Å². The van der Waals surface area contributed by atoms with Gasteiger partial charge in [0.05, 0.1) is 14.2 Å². The first-order valence-corrected chi connectivity index (χ1v) is 9.15. The van der Waals surface area contributed by atoms with Gasteiger partial charge in [-0.25, -0.2) is 8.42 Å². The van der Waals surface area contributed by atoms with Crippen molar-refractivity contribution < 1.29 is 17.9 Å². The van der Waals surface area contributed by atoms with Crippen molar-refractivity contribution in [3.63, 3.8) is 0 Å². The van der Waals surface area contributed by atoms with Gasteiger partial charge in [-0.2, -0.15) is 4.31 Å². The molecule has 1 fully saturated rings. The smallest absolute Gasteiger partial charge is 0.244 e. The van der Waals surface area contributed by atoms with Crippen molar-refractivity contribution in [2.75, 3.05) is 27.3 Å². The van der Waals surface area contributed by atoms with Crippen LogP contribution in [0.15, 0.2) is 21.5 Å². The molecule has 1 saturated heterocycles. The molecule has 0 unspecified atom stereocenters. The molecular formula is C14H20BrNO4S. The van der Waals surface area contributed by atoms with Crippen LogP contribution in [0.25, 0.3) is 0 Å². The Hall–Kier alpha value is -0.790. The Labute approximate surface area is 134 Å². The average Bonchev–Trinajstić information content (AvgIpc) is 2.76. The summed E-state index contributed by atoms with van der Waals surface area (Å²) in [6, 6.07) is 3.15. The van der Waals surface area contributed by atoms with Crippen molar-refractivity contribution in [2.24, 2.45) is 0 Å². The number of benzene rings is 1. The molecule has 0 amide bonds. The summed E-state index contributed by atoms with van der Waals surface area (Å²) >= 11 is 3.33. The molecule has 0 radical (unpaired) electrons. The van der Waals surface area contributed by atoms with Gasteiger partial charge in [0.25, 0.3) is 0 Å². The first-order valence-electron chi connectivity index (χ1n) is 6.92. The van der Waals surface area contributed by atoms with Crippen LogP contribution in [0.1, 0.15) is 25.7 Å². The van der Waals surface area contributed by atoms with Crippen LogP contribution in [0.3, 0.4) is 0 Å². The van der Waals surface area contributed by atoms with E-state index in [0.29, 0.717) is 29.1 Å². The number of halogens is 1. The van der Waals surface area contributed by atoms with Gasteiger partial charge in [-0.15, -0.1) is 0 Å². The zero-order valence-electron chi connectivity index (χ0n) is 12.3. The monoisotopic (exact) mass is 377 g/mol. The summed E-state index contributed by atoms with van der Waals surface area (Å²) in [7, 11) is -0.507. The number of nitrogens with zero attached hydrogens (tertiary/aromatic N) is 1. The molecule has 2 rings (SSSR count). The maximum Gasteiger partial charge on any atom is 0.244 e. The molecule has 0 saturated carbocycles. The standard InChI is InChI=1S/C14H20BrNO4S/c1-19-12-9-11(15)14(10-13(12)20-2)21(17,18)16-7-5-3-4-6-8-16/h9-10H,3-8H2,1-2H3. The average molecular weight is 378 g/mol. The lowest BCUT2D eigenvalue weighted by atomic mass is 10.2. The minimum absolute atomic E-state index is 0.224. The summed E-state index contributed by atoms with van der Waals surface area (Å²) in [5.41, 5.74) is 0. The van der Waals surface area contributed by atoms with Gasteiger partial charge in [-0.05, 0) is 34.8 Å². The van der Waals surface area contributed by atoms with Crippen LogP contribution in [0, 0.1) is 0 Å². The van der Waals surface area contributed by atoms with Crippen LogP contribution >= 0.6 is 15.9 Å². The molecule has 21 heavy (non-hydrogen) atoms. The lowest BCUT2D eigenvalue weighted by Crippen LogP contribution is -2.32. The quantitative estimate of drug-likeness (QED) is 0.808. The number of rotatable bonds is 4. The summed E-state index contributed by atoms with van der Waals surface area (Å²) in [6.07, 6.45) is 3.98. The highest BCUT2D eigenvalue weighted by molar-refractivity contribution is 9.10. The van der Waals surface area contributed by atoms with E-state index in [1.807, 2.05) is 0 Å². The van der Waals surface area contributed by atoms with Gasteiger partial charge in [0.2, 0.25) is 10.0 Å². The van der Waals surface area contributed by atoms with Gasteiger partial charge >= 0.3 is 0 Å². The predicted octanol–water partition coefficient (Wildman–Crippen LogP) is 3.03. The molecule has 0 N–H and O–H groups in total. The van der Waals surface area contributed by atoms with E-state index >= 15 is 0 Å². The van der Waals surface area contributed by atoms with Gasteiger partial charge in [0, 0.05) is 23.6 Å². The molecule has 1 aliphatic heterocycles. The maximum absolute atomic E-state index is 12.8. The Balaban J connectivity index is 2.43. The Kier molecular flexibility index (Phi) is 5.51. The topological polar surface area (TPSA) is 55.8 Å². The van der Waals surface area contributed by atoms with Crippen molar-refractivity contribution in [2.45, 2.75) is 30.6 Å². The van der Waals surface area contributed by atoms with Crippen LogP contribution in [-0.2, 0) is 10.0 Å². The predicted molar refractivity (Wildman–Crippen MR) is 84.5 cm³/mol. The SMILES string of the molecule is COc1cc(Br)c(S(=O)(=O)N2CCCCCC2)cc1OC. The summed E-state index contributed by atoms with van der Waals surface area (Å²) in [4.78, 5) is 0.224. The van der Waals surface area contributed by atoms with Crippen LogP contribution in [-0.4, -0.2) is 40.0 Å². The molecule has 1 aromatic carbocycles. The molecule has 0 aliphatic carbocycles. The van der Waals surface area contributed by atoms with Gasteiger partial charge in [0.1, 0.15) is 4.90 Å². The van der Waals surface area contributed by atoms with E-state index in [1.54, 1.807) is 10.4 Å². The largest absolute Gasteiger partial charge is 0.493 e. The van der Waals surface area contributed by atoms with E-state index in [2.05, 4.69) is 15.9 Å². The minimum Gasteiger partial charge on any atom is -0.493 e. The van der Waals surface area contributed by atoms with Gasteiger partial charge in [0.15, 0.2) is 11.5 Å². The van der Waals surface area contributed by atoms with E-state index in [0.717, 1.165) is 25.7 Å². The first-order chi connectivity index (χ1) is 10.0. The van der Waals surface area contributed by atoms with Gasteiger partial charge in [-0.1, -0.05) is 12.8 Å². The lowest BCUT2D eigenvalue weighted by molar-refractivity contribution is 0.353. The molecule has 0 bridgehead atoms. The van der Waals surface area contributed by atoms with Crippen LogP contribution in [0.4, 0.5) is 0 Å². The second-order valence-electron chi connectivity index (χ2n) is 4.96. The van der Waals surface area contributed by atoms with Crippen LogP contribution in [0.2, 0.25) is 0 Å². The molecule has 1 heterocycles. The minimum atomic E-state index is -3.52. The highest BCUT2D eigenvalue weighted by Crippen LogP contribution is 2.37. The zero-order valence-corrected chi connectivity index (χ0v) is 14.7. The van der Waals surface area contributed by atoms with Crippen LogP contribution < -0.4 is 9.47 Å². The second-order valence-corrected chi connectivity index (χ2v) is 7.72. The molecule has 0 aromatic heterocycles. The van der Waals surface area contributed by atoms with E-state index in [9.17, 15) is 8.42 Å². The molecule has 0 spiro atoms. The zero-order chi connectivity index (χ0) is 15.5. The summed E-state index contributed by atoms with van der Waals surface area (Å²) < 4.78 is 38.1. The number of ether oxygens (including phenoxy) is 2. The van der Waals surface area contributed by atoms with Crippen molar-refractivity contribution in [3.8, 4) is 11.5 Å². The Morgan fingerprint density at radius 2 is 1.52 bits per heavy atom. The fourth-order valence-electron chi connectivity index (χ4n) is 2.45. The van der Waals surface area contributed by atoms with Gasteiger partial charge in [-0.3, -0.25) is 0 Å². The number of sulfonamides is 1. The first kappa shape index (κ1) is 16.6. The van der Waals surface area contributed by atoms with Crippen molar-refractivity contribution in [1.82, 2.24) is 4.31 Å². The maximum atomic E-state index is 12.8. The summed E-state index contributed by atoms with van der Waals surface area (Å²) in [5, 5.41) is 0. The molecular weight excluding hydrogens is 358 g/mol. The third kappa shape index (κ3) is 3.52. The van der Waals surface area contributed by atoms with Crippen LogP contribution in [0.5, 0.6) is 11.5 Å². The third-order valence-corrected chi connectivity index (χ3v) is 6.48. The van der Waals surface area contributed by atoms with Crippen molar-refractivity contribution in [3.05, 3.63) is 16.6 Å². The molecule has 1 aliphatic rings. The summed E-state index contributed by atoms with van der Waals surface area (Å²) in [5.74, 6) is 0.910. The Bertz CT molecular complexity index is 595. The van der Waals surface area contributed by atoms with E-state index in [4.69, 9.17) is 9.47 Å². The Morgan fingerprint density at radius 1 is 1.00 bits per heavy atom. The molecule has 7 heteroatoms. The summed E-state index contributed by atoms with van der Waals surface area (Å²) in [6.45, 7) is 1.15. The molecule has 5 nitrogen and oxygen atoms in total. The molecule has 118 valence electrons. The lowest BCUT2D eigenvalue weighted by Gasteiger charge is -2.21. The fourth-order valence-corrected chi connectivity index (χ4v) is 4.97. The third-order valence-electron chi connectivity index (χ3n) is 3.62. The Morgan fingerprint density at radius 3 is 2.05 bits per heavy atom. The second kappa shape index (κ2) is 6.98. The van der Waals surface area contributed by atoms with E-state index in [1.165, 1.54) is 20.3 Å². The highest BCUT2D eigenvalue weighted by Gasteiger charge is 2.28. The normalized spacial score (nSPS) is 17.3. The van der Waals surface area contributed by atoms with Gasteiger partial charge < -0.3 is 9.47 Å².